The van der Waals surface area contributed by atoms with E-state index in [1.54, 1.807) is 0 Å². The zero-order valence-electron chi connectivity index (χ0n) is 19.6. The number of nitrogens with one attached hydrogen (secondary N) is 2. The molecule has 0 aliphatic rings. The van der Waals surface area contributed by atoms with Crippen molar-refractivity contribution in [2.24, 2.45) is 0 Å². The molecule has 2 rings (SSSR count). The van der Waals surface area contributed by atoms with Crippen LogP contribution in [0.3, 0.4) is 0 Å². The van der Waals surface area contributed by atoms with Gasteiger partial charge in [0.25, 0.3) is 0 Å². The number of benzene rings is 2. The van der Waals surface area contributed by atoms with E-state index >= 15 is 0 Å². The van der Waals surface area contributed by atoms with Gasteiger partial charge in [-0.15, -0.1) is 0 Å². The summed E-state index contributed by atoms with van der Waals surface area (Å²) in [6, 6.07) is 13.6. The lowest BCUT2D eigenvalue weighted by Crippen LogP contribution is -2.18. The Balaban J connectivity index is 2.33. The first-order valence-corrected chi connectivity index (χ1v) is 10.6. The van der Waals surface area contributed by atoms with Gasteiger partial charge in [-0.1, -0.05) is 81.4 Å². The van der Waals surface area contributed by atoms with E-state index in [1.807, 2.05) is 0 Å². The predicted octanol–water partition coefficient (Wildman–Crippen LogP) is 7.97. The summed E-state index contributed by atoms with van der Waals surface area (Å²) in [5.74, 6) is 1.05. The monoisotopic (exact) mass is 380 g/mol. The molecule has 0 saturated carbocycles. The van der Waals surface area contributed by atoms with Crippen LogP contribution >= 0.6 is 0 Å². The molecular formula is C26H40N2. The normalized spacial score (nSPS) is 12.6. The quantitative estimate of drug-likeness (QED) is 0.514. The first-order valence-electron chi connectivity index (χ1n) is 10.6. The lowest BCUT2D eigenvalue weighted by molar-refractivity contribution is 0.569. The van der Waals surface area contributed by atoms with Gasteiger partial charge in [-0.2, -0.15) is 0 Å². The maximum atomic E-state index is 3.45. The maximum absolute atomic E-state index is 3.45. The molecule has 2 aromatic carbocycles. The van der Waals surface area contributed by atoms with Crippen LogP contribution in [-0.4, -0.2) is 0 Å². The van der Waals surface area contributed by atoms with Crippen LogP contribution in [0.5, 0.6) is 0 Å². The molecule has 0 aliphatic carbocycles. The van der Waals surface area contributed by atoms with Gasteiger partial charge in [0, 0.05) is 0 Å². The molecule has 0 unspecified atom stereocenters. The number of hydrogen-bond donors (Lipinski definition) is 2. The van der Waals surface area contributed by atoms with Crippen molar-refractivity contribution in [3.63, 3.8) is 0 Å². The fourth-order valence-corrected chi connectivity index (χ4v) is 3.39. The molecule has 2 N–H and O–H groups in total. The first kappa shape index (κ1) is 22.3. The summed E-state index contributed by atoms with van der Waals surface area (Å²) >= 11 is 0. The highest BCUT2D eigenvalue weighted by molar-refractivity contribution is 5.58. The van der Waals surface area contributed by atoms with Crippen LogP contribution in [0.4, 0.5) is 11.4 Å². The minimum atomic E-state index is 0.113. The molecule has 0 saturated heterocycles. The van der Waals surface area contributed by atoms with E-state index in [4.69, 9.17) is 0 Å². The Morgan fingerprint density at radius 3 is 1.46 bits per heavy atom. The standard InChI is InChI=1S/C26H40N2/c1-17(2)23-12-11-21(16-24(23)18(3)4)27-28-22-14-19(25(5,6)7)13-20(15-22)26(8,9)10/h11-18,27-28H,1-10H3. The lowest BCUT2D eigenvalue weighted by atomic mass is 9.80. The molecule has 0 amide bonds. The van der Waals surface area contributed by atoms with Crippen molar-refractivity contribution >= 4 is 11.4 Å². The molecule has 0 fully saturated rings. The molecule has 0 bridgehead atoms. The van der Waals surface area contributed by atoms with Gasteiger partial charge in [0.1, 0.15) is 0 Å². The summed E-state index contributed by atoms with van der Waals surface area (Å²) in [7, 11) is 0. The van der Waals surface area contributed by atoms with Crippen molar-refractivity contribution in [3.8, 4) is 0 Å². The van der Waals surface area contributed by atoms with E-state index < -0.39 is 0 Å². The van der Waals surface area contributed by atoms with Crippen molar-refractivity contribution in [2.75, 3.05) is 10.9 Å². The van der Waals surface area contributed by atoms with Crippen molar-refractivity contribution in [1.82, 2.24) is 0 Å². The molecule has 154 valence electrons. The fourth-order valence-electron chi connectivity index (χ4n) is 3.39. The van der Waals surface area contributed by atoms with Crippen molar-refractivity contribution in [3.05, 3.63) is 58.7 Å². The third-order valence-corrected chi connectivity index (χ3v) is 5.35. The molecule has 0 aromatic heterocycles. The van der Waals surface area contributed by atoms with Gasteiger partial charge < -0.3 is 10.9 Å². The Hall–Kier alpha value is -1.96. The summed E-state index contributed by atoms with van der Waals surface area (Å²) in [5, 5.41) is 0. The van der Waals surface area contributed by atoms with Gasteiger partial charge in [0.05, 0.1) is 11.4 Å². The fraction of sp³-hybridized carbons (Fsp3) is 0.538. The molecule has 2 nitrogen and oxygen atoms in total. The summed E-state index contributed by atoms with van der Waals surface area (Å²) in [6.45, 7) is 22.7. The van der Waals surface area contributed by atoms with E-state index in [2.05, 4.69) is 116 Å². The number of hydrogen-bond acceptors (Lipinski definition) is 2. The lowest BCUT2D eigenvalue weighted by Gasteiger charge is -2.26. The minimum absolute atomic E-state index is 0.113. The van der Waals surface area contributed by atoms with Crippen LogP contribution in [0.15, 0.2) is 36.4 Å². The van der Waals surface area contributed by atoms with Crippen LogP contribution in [0.25, 0.3) is 0 Å². The smallest absolute Gasteiger partial charge is 0.0545 e. The Morgan fingerprint density at radius 1 is 0.571 bits per heavy atom. The molecule has 0 radical (unpaired) electrons. The molecule has 0 aliphatic heterocycles. The van der Waals surface area contributed by atoms with E-state index in [0.29, 0.717) is 11.8 Å². The van der Waals surface area contributed by atoms with Crippen molar-refractivity contribution in [1.29, 1.82) is 0 Å². The topological polar surface area (TPSA) is 24.1 Å². The Bertz CT molecular complexity index is 770. The van der Waals surface area contributed by atoms with E-state index in [0.717, 1.165) is 11.4 Å². The van der Waals surface area contributed by atoms with Crippen LogP contribution in [0, 0.1) is 0 Å². The van der Waals surface area contributed by atoms with Crippen molar-refractivity contribution in [2.45, 2.75) is 91.9 Å². The Kier molecular flexibility index (Phi) is 6.53. The Morgan fingerprint density at radius 2 is 1.04 bits per heavy atom. The van der Waals surface area contributed by atoms with E-state index in [9.17, 15) is 0 Å². The summed E-state index contributed by atoms with van der Waals surface area (Å²) in [5.41, 5.74) is 14.9. The van der Waals surface area contributed by atoms with E-state index in [1.165, 1.54) is 22.3 Å². The SMILES string of the molecule is CC(C)c1ccc(NNc2cc(C(C)(C)C)cc(C(C)(C)C)c2)cc1C(C)C. The molecule has 0 heterocycles. The average Bonchev–Trinajstić information content (AvgIpc) is 2.57. The zero-order valence-corrected chi connectivity index (χ0v) is 19.6. The van der Waals surface area contributed by atoms with Gasteiger partial charge >= 0.3 is 0 Å². The molecule has 0 atom stereocenters. The third-order valence-electron chi connectivity index (χ3n) is 5.35. The number of anilines is 2. The first-order chi connectivity index (χ1) is 12.8. The van der Waals surface area contributed by atoms with Gasteiger partial charge in [-0.3, -0.25) is 0 Å². The van der Waals surface area contributed by atoms with E-state index in [-0.39, 0.29) is 10.8 Å². The third kappa shape index (κ3) is 5.53. The summed E-state index contributed by atoms with van der Waals surface area (Å²) < 4.78 is 0. The Labute approximate surface area is 173 Å². The largest absolute Gasteiger partial charge is 0.301 e. The highest BCUT2D eigenvalue weighted by Crippen LogP contribution is 2.33. The van der Waals surface area contributed by atoms with Crippen molar-refractivity contribution < 1.29 is 0 Å². The highest BCUT2D eigenvalue weighted by atomic mass is 15.4. The molecular weight excluding hydrogens is 340 g/mol. The molecule has 0 spiro atoms. The summed E-state index contributed by atoms with van der Waals surface area (Å²) in [6.07, 6.45) is 0. The molecule has 28 heavy (non-hydrogen) atoms. The van der Waals surface area contributed by atoms with Gasteiger partial charge in [-0.25, -0.2) is 0 Å². The maximum Gasteiger partial charge on any atom is 0.0545 e. The highest BCUT2D eigenvalue weighted by Gasteiger charge is 2.20. The molecule has 2 heteroatoms. The second-order valence-electron chi connectivity index (χ2n) is 10.7. The average molecular weight is 381 g/mol. The van der Waals surface area contributed by atoms with Crippen LogP contribution < -0.4 is 10.9 Å². The predicted molar refractivity (Wildman–Crippen MR) is 126 cm³/mol. The van der Waals surface area contributed by atoms with Gasteiger partial charge in [-0.05, 0) is 69.2 Å². The molecule has 2 aromatic rings. The van der Waals surface area contributed by atoms with Crippen LogP contribution in [0.2, 0.25) is 0 Å². The second-order valence-corrected chi connectivity index (χ2v) is 10.7. The van der Waals surface area contributed by atoms with Crippen LogP contribution in [-0.2, 0) is 10.8 Å². The zero-order chi connectivity index (χ0) is 21.3. The van der Waals surface area contributed by atoms with Gasteiger partial charge in [0.2, 0.25) is 0 Å². The second kappa shape index (κ2) is 8.19. The minimum Gasteiger partial charge on any atom is -0.301 e. The number of hydrazine groups is 1. The number of rotatable bonds is 5. The van der Waals surface area contributed by atoms with Gasteiger partial charge in [0.15, 0.2) is 0 Å². The van der Waals surface area contributed by atoms with Crippen LogP contribution in [0.1, 0.15) is 103 Å². The summed E-state index contributed by atoms with van der Waals surface area (Å²) in [4.78, 5) is 0.